The van der Waals surface area contributed by atoms with Gasteiger partial charge in [-0.25, -0.2) is 9.59 Å². The third kappa shape index (κ3) is 1.95. The number of rotatable bonds is 4. The Kier molecular flexibility index (Phi) is 3.14. The van der Waals surface area contributed by atoms with E-state index in [0.717, 1.165) is 18.3 Å². The van der Waals surface area contributed by atoms with Crippen LogP contribution in [-0.2, 0) is 0 Å². The number of carboxylic acid groups (broad SMARTS) is 2. The van der Waals surface area contributed by atoms with Crippen LogP contribution in [0.3, 0.4) is 0 Å². The molecule has 0 aliphatic rings. The van der Waals surface area contributed by atoms with Gasteiger partial charge in [0.05, 0.1) is 11.1 Å². The Bertz CT molecular complexity index is 451. The zero-order valence-corrected chi connectivity index (χ0v) is 7.93. The number of benzene rings is 1. The van der Waals surface area contributed by atoms with E-state index in [0.29, 0.717) is 6.29 Å². The van der Waals surface area contributed by atoms with Gasteiger partial charge in [0.25, 0.3) is 0 Å². The van der Waals surface area contributed by atoms with Crippen molar-refractivity contribution in [1.29, 1.82) is 5.41 Å². The molecule has 82 valence electrons. The third-order valence-corrected chi connectivity index (χ3v) is 1.96. The number of aldehydes is 1. The summed E-state index contributed by atoms with van der Waals surface area (Å²) in [4.78, 5) is 32.1. The fraction of sp³-hybridized carbons (Fsp3) is 0. The van der Waals surface area contributed by atoms with Crippen molar-refractivity contribution in [3.8, 4) is 0 Å². The van der Waals surface area contributed by atoms with Crippen molar-refractivity contribution in [3.05, 3.63) is 34.4 Å². The maximum atomic E-state index is 10.8. The molecule has 3 N–H and O–H groups in total. The molecule has 0 atom stereocenters. The predicted octanol–water partition coefficient (Wildman–Crippen LogP) is 0.893. The van der Waals surface area contributed by atoms with Gasteiger partial charge in [-0.3, -0.25) is 4.79 Å². The molecular formula is C10H7NO5. The summed E-state index contributed by atoms with van der Waals surface area (Å²) in [6.07, 6.45) is 1.06. The fourth-order valence-electron chi connectivity index (χ4n) is 1.22. The number of hydrogen-bond acceptors (Lipinski definition) is 4. The van der Waals surface area contributed by atoms with Crippen LogP contribution in [-0.4, -0.2) is 34.7 Å². The molecule has 0 amide bonds. The van der Waals surface area contributed by atoms with E-state index in [1.807, 2.05) is 0 Å². The van der Waals surface area contributed by atoms with Gasteiger partial charge in [0, 0.05) is 17.3 Å². The SMILES string of the molecule is N=Cc1cc(C=O)c(C(=O)O)cc1C(=O)O. The summed E-state index contributed by atoms with van der Waals surface area (Å²) >= 11 is 0. The van der Waals surface area contributed by atoms with Crippen molar-refractivity contribution in [2.24, 2.45) is 0 Å². The Morgan fingerprint density at radius 2 is 1.56 bits per heavy atom. The van der Waals surface area contributed by atoms with E-state index in [-0.39, 0.29) is 16.7 Å². The lowest BCUT2D eigenvalue weighted by Crippen LogP contribution is -2.09. The fourth-order valence-corrected chi connectivity index (χ4v) is 1.22. The summed E-state index contributed by atoms with van der Waals surface area (Å²) in [5.41, 5.74) is -0.883. The van der Waals surface area contributed by atoms with Crippen molar-refractivity contribution in [2.75, 3.05) is 0 Å². The van der Waals surface area contributed by atoms with E-state index < -0.39 is 17.5 Å². The van der Waals surface area contributed by atoms with Crippen LogP contribution in [0.4, 0.5) is 0 Å². The maximum absolute atomic E-state index is 10.8. The first-order valence-electron chi connectivity index (χ1n) is 4.11. The number of carbonyl (C=O) groups is 3. The van der Waals surface area contributed by atoms with E-state index in [1.165, 1.54) is 0 Å². The lowest BCUT2D eigenvalue weighted by atomic mass is 9.99. The monoisotopic (exact) mass is 221 g/mol. The van der Waals surface area contributed by atoms with Crippen LogP contribution in [0, 0.1) is 5.41 Å². The number of carbonyl (C=O) groups excluding carboxylic acids is 1. The highest BCUT2D eigenvalue weighted by atomic mass is 16.4. The topological polar surface area (TPSA) is 116 Å². The molecule has 0 aromatic heterocycles. The van der Waals surface area contributed by atoms with Crippen molar-refractivity contribution in [2.45, 2.75) is 0 Å². The van der Waals surface area contributed by atoms with Gasteiger partial charge >= 0.3 is 11.9 Å². The maximum Gasteiger partial charge on any atom is 0.336 e. The first-order valence-corrected chi connectivity index (χ1v) is 4.11. The molecule has 16 heavy (non-hydrogen) atoms. The minimum Gasteiger partial charge on any atom is -0.478 e. The van der Waals surface area contributed by atoms with Crippen LogP contribution < -0.4 is 0 Å². The summed E-state index contributed by atoms with van der Waals surface area (Å²) in [5, 5.41) is 24.5. The van der Waals surface area contributed by atoms with Crippen LogP contribution in [0.5, 0.6) is 0 Å². The third-order valence-electron chi connectivity index (χ3n) is 1.96. The summed E-state index contributed by atoms with van der Waals surface area (Å²) in [5.74, 6) is -2.74. The van der Waals surface area contributed by atoms with Gasteiger partial charge in [-0.1, -0.05) is 0 Å². The average Bonchev–Trinajstić information content (AvgIpc) is 2.26. The minimum atomic E-state index is -1.39. The Morgan fingerprint density at radius 1 is 1.06 bits per heavy atom. The number of nitrogens with one attached hydrogen (secondary N) is 1. The van der Waals surface area contributed by atoms with Gasteiger partial charge in [-0.15, -0.1) is 0 Å². The summed E-state index contributed by atoms with van der Waals surface area (Å²) in [6, 6.07) is 1.93. The second kappa shape index (κ2) is 4.35. The minimum absolute atomic E-state index is 0.0143. The van der Waals surface area contributed by atoms with E-state index in [4.69, 9.17) is 15.6 Å². The second-order valence-electron chi connectivity index (χ2n) is 2.90. The van der Waals surface area contributed by atoms with E-state index >= 15 is 0 Å². The number of hydrogen-bond donors (Lipinski definition) is 3. The number of aromatic carboxylic acids is 2. The number of carboxylic acids is 2. The predicted molar refractivity (Wildman–Crippen MR) is 53.6 cm³/mol. The molecule has 6 heteroatoms. The highest BCUT2D eigenvalue weighted by molar-refractivity contribution is 6.04. The van der Waals surface area contributed by atoms with E-state index in [2.05, 4.69) is 0 Å². The van der Waals surface area contributed by atoms with Gasteiger partial charge in [-0.05, 0) is 12.1 Å². The molecule has 1 rings (SSSR count). The normalized spacial score (nSPS) is 9.50. The molecule has 0 radical (unpaired) electrons. The van der Waals surface area contributed by atoms with Crippen LogP contribution in [0.2, 0.25) is 0 Å². The smallest absolute Gasteiger partial charge is 0.336 e. The van der Waals surface area contributed by atoms with Crippen molar-refractivity contribution in [3.63, 3.8) is 0 Å². The molecule has 0 aliphatic heterocycles. The van der Waals surface area contributed by atoms with Crippen LogP contribution in [0.1, 0.15) is 36.6 Å². The zero-order chi connectivity index (χ0) is 12.3. The van der Waals surface area contributed by atoms with Crippen LogP contribution in [0.15, 0.2) is 12.1 Å². The quantitative estimate of drug-likeness (QED) is 0.515. The molecule has 1 aromatic carbocycles. The van der Waals surface area contributed by atoms with Crippen LogP contribution >= 0.6 is 0 Å². The summed E-state index contributed by atoms with van der Waals surface area (Å²) in [7, 11) is 0. The zero-order valence-electron chi connectivity index (χ0n) is 7.93. The molecular weight excluding hydrogens is 214 g/mol. The Balaban J connectivity index is 3.59. The molecule has 0 saturated carbocycles. The van der Waals surface area contributed by atoms with Crippen molar-refractivity contribution in [1.82, 2.24) is 0 Å². The van der Waals surface area contributed by atoms with Gasteiger partial charge < -0.3 is 15.6 Å². The van der Waals surface area contributed by atoms with Gasteiger partial charge in [0.1, 0.15) is 0 Å². The highest BCUT2D eigenvalue weighted by Gasteiger charge is 2.17. The first-order chi connectivity index (χ1) is 7.51. The molecule has 0 heterocycles. The lowest BCUT2D eigenvalue weighted by molar-refractivity contribution is 0.0694. The first kappa shape index (κ1) is 11.6. The molecule has 0 spiro atoms. The Hall–Kier alpha value is -2.50. The van der Waals surface area contributed by atoms with Crippen LogP contribution in [0.25, 0.3) is 0 Å². The largest absolute Gasteiger partial charge is 0.478 e. The van der Waals surface area contributed by atoms with Crippen molar-refractivity contribution >= 4 is 24.4 Å². The molecule has 0 unspecified atom stereocenters. The average molecular weight is 221 g/mol. The Labute approximate surface area is 89.6 Å². The Morgan fingerprint density at radius 3 is 1.94 bits per heavy atom. The standard InChI is InChI=1S/C10H7NO5/c11-3-5-1-6(4-12)8(10(15)16)2-7(5)9(13)14/h1-4,11H,(H,13,14)(H,15,16). The van der Waals surface area contributed by atoms with E-state index in [1.54, 1.807) is 0 Å². The molecule has 0 saturated heterocycles. The van der Waals surface area contributed by atoms with E-state index in [9.17, 15) is 14.4 Å². The molecule has 1 aromatic rings. The molecule has 0 bridgehead atoms. The second-order valence-corrected chi connectivity index (χ2v) is 2.90. The summed E-state index contributed by atoms with van der Waals surface area (Å²) in [6.45, 7) is 0. The molecule has 6 nitrogen and oxygen atoms in total. The van der Waals surface area contributed by atoms with Gasteiger partial charge in [0.2, 0.25) is 0 Å². The van der Waals surface area contributed by atoms with Gasteiger partial charge in [0.15, 0.2) is 6.29 Å². The highest BCUT2D eigenvalue weighted by Crippen LogP contribution is 2.15. The van der Waals surface area contributed by atoms with Gasteiger partial charge in [-0.2, -0.15) is 0 Å². The lowest BCUT2D eigenvalue weighted by Gasteiger charge is -2.05. The molecule has 0 fully saturated rings. The molecule has 0 aliphatic carbocycles. The van der Waals surface area contributed by atoms with Crippen molar-refractivity contribution < 1.29 is 24.6 Å². The summed E-state index contributed by atoms with van der Waals surface area (Å²) < 4.78 is 0.